The van der Waals surface area contributed by atoms with Gasteiger partial charge >= 0.3 is 5.97 Å². The molecule has 2 aromatic carbocycles. The number of aryl methyl sites for hydroxylation is 1. The molecule has 0 fully saturated rings. The first-order valence-electron chi connectivity index (χ1n) is 5.83. The molecule has 0 radical (unpaired) electrons. The number of hydrogen-bond donors (Lipinski definition) is 0. The molecule has 0 amide bonds. The first kappa shape index (κ1) is 12.5. The van der Waals surface area contributed by atoms with E-state index < -0.39 is 6.10 Å². The summed E-state index contributed by atoms with van der Waals surface area (Å²) in [6.45, 7) is 2.01. The van der Waals surface area contributed by atoms with Gasteiger partial charge in [-0.05, 0) is 24.6 Å². The summed E-state index contributed by atoms with van der Waals surface area (Å²) in [4.78, 5) is 11.9. The number of carbonyl (C=O) groups excluding carboxylic acids is 1. The number of rotatable bonds is 1. The molecule has 3 rings (SSSR count). The molecular formula is C15H10Cl2O2. The van der Waals surface area contributed by atoms with Gasteiger partial charge in [-0.2, -0.15) is 0 Å². The summed E-state index contributed by atoms with van der Waals surface area (Å²) >= 11 is 12.0. The lowest BCUT2D eigenvalue weighted by Crippen LogP contribution is -2.00. The van der Waals surface area contributed by atoms with Crippen LogP contribution in [0.3, 0.4) is 0 Å². The molecule has 1 heterocycles. The Balaban J connectivity index is 2.11. The van der Waals surface area contributed by atoms with Crippen LogP contribution >= 0.6 is 23.2 Å². The van der Waals surface area contributed by atoms with Crippen LogP contribution in [0.1, 0.15) is 33.2 Å². The van der Waals surface area contributed by atoms with Gasteiger partial charge in [0.05, 0.1) is 15.6 Å². The normalized spacial score (nSPS) is 17.2. The Hall–Kier alpha value is -1.51. The summed E-state index contributed by atoms with van der Waals surface area (Å²) in [5.41, 5.74) is 3.33. The average molecular weight is 293 g/mol. The molecule has 1 aliphatic heterocycles. The molecule has 1 aliphatic rings. The highest BCUT2D eigenvalue weighted by molar-refractivity contribution is 6.42. The third-order valence-electron chi connectivity index (χ3n) is 3.20. The van der Waals surface area contributed by atoms with E-state index in [9.17, 15) is 4.79 Å². The van der Waals surface area contributed by atoms with E-state index >= 15 is 0 Å². The summed E-state index contributed by atoms with van der Waals surface area (Å²) in [7, 11) is 0. The molecule has 2 aromatic rings. The lowest BCUT2D eigenvalue weighted by molar-refractivity contribution is 0.0456. The van der Waals surface area contributed by atoms with Gasteiger partial charge in [0.15, 0.2) is 6.10 Å². The molecule has 0 saturated heterocycles. The second kappa shape index (κ2) is 4.55. The predicted molar refractivity (Wildman–Crippen MR) is 74.9 cm³/mol. The highest BCUT2D eigenvalue weighted by atomic mass is 35.5. The van der Waals surface area contributed by atoms with E-state index in [4.69, 9.17) is 27.9 Å². The Morgan fingerprint density at radius 3 is 2.37 bits per heavy atom. The van der Waals surface area contributed by atoms with Crippen LogP contribution in [0, 0.1) is 6.92 Å². The van der Waals surface area contributed by atoms with Crippen LogP contribution in [0.4, 0.5) is 0 Å². The zero-order valence-corrected chi connectivity index (χ0v) is 11.6. The zero-order valence-electron chi connectivity index (χ0n) is 10.1. The fourth-order valence-electron chi connectivity index (χ4n) is 2.18. The van der Waals surface area contributed by atoms with Gasteiger partial charge in [0, 0.05) is 5.56 Å². The van der Waals surface area contributed by atoms with Crippen LogP contribution in [0.15, 0.2) is 36.4 Å². The molecule has 0 bridgehead atoms. The maximum Gasteiger partial charge on any atom is 0.339 e. The maximum atomic E-state index is 11.9. The third kappa shape index (κ3) is 2.11. The minimum absolute atomic E-state index is 0.362. The van der Waals surface area contributed by atoms with Gasteiger partial charge < -0.3 is 4.74 Å². The molecule has 0 saturated carbocycles. The largest absolute Gasteiger partial charge is 0.449 e. The number of fused-ring (bicyclic) bond motifs is 1. The molecule has 0 spiro atoms. The second-order valence-corrected chi connectivity index (χ2v) is 5.36. The molecule has 0 aromatic heterocycles. The fraction of sp³-hybridized carbons (Fsp3) is 0.133. The first-order chi connectivity index (χ1) is 9.06. The van der Waals surface area contributed by atoms with Crippen molar-refractivity contribution in [3.05, 3.63) is 68.7 Å². The summed E-state index contributed by atoms with van der Waals surface area (Å²) in [6.07, 6.45) is -0.405. The van der Waals surface area contributed by atoms with Gasteiger partial charge in [-0.1, -0.05) is 53.0 Å². The molecule has 96 valence electrons. The Labute approximate surface area is 120 Å². The van der Waals surface area contributed by atoms with Crippen LogP contribution in [0.2, 0.25) is 10.0 Å². The molecule has 0 aliphatic carbocycles. The van der Waals surface area contributed by atoms with Gasteiger partial charge in [-0.3, -0.25) is 0 Å². The molecular weight excluding hydrogens is 283 g/mol. The lowest BCUT2D eigenvalue weighted by atomic mass is 9.98. The van der Waals surface area contributed by atoms with Crippen molar-refractivity contribution in [2.24, 2.45) is 0 Å². The predicted octanol–water partition coefficient (Wildman–Crippen LogP) is 4.56. The quantitative estimate of drug-likeness (QED) is 0.720. The van der Waals surface area contributed by atoms with Gasteiger partial charge in [-0.15, -0.1) is 0 Å². The minimum atomic E-state index is -0.405. The molecule has 19 heavy (non-hydrogen) atoms. The molecule has 2 nitrogen and oxygen atoms in total. The third-order valence-corrected chi connectivity index (χ3v) is 3.92. The lowest BCUT2D eigenvalue weighted by Gasteiger charge is -2.11. The number of halogens is 2. The van der Waals surface area contributed by atoms with Crippen molar-refractivity contribution in [3.8, 4) is 0 Å². The highest BCUT2D eigenvalue weighted by Crippen LogP contribution is 2.39. The van der Waals surface area contributed by atoms with E-state index in [1.54, 1.807) is 12.1 Å². The molecule has 0 N–H and O–H groups in total. The van der Waals surface area contributed by atoms with Crippen molar-refractivity contribution >= 4 is 29.2 Å². The number of hydrogen-bond acceptors (Lipinski definition) is 2. The van der Waals surface area contributed by atoms with E-state index in [0.717, 1.165) is 16.7 Å². The summed E-state index contributed by atoms with van der Waals surface area (Å²) in [6, 6.07) is 11.1. The van der Waals surface area contributed by atoms with Crippen molar-refractivity contribution in [2.75, 3.05) is 0 Å². The van der Waals surface area contributed by atoms with Crippen LogP contribution < -0.4 is 0 Å². The average Bonchev–Trinajstić information content (AvgIpc) is 2.69. The smallest absolute Gasteiger partial charge is 0.339 e. The maximum absolute atomic E-state index is 11.9. The van der Waals surface area contributed by atoms with Crippen molar-refractivity contribution < 1.29 is 9.53 Å². The number of esters is 1. The monoisotopic (exact) mass is 292 g/mol. The summed E-state index contributed by atoms with van der Waals surface area (Å²) in [5, 5.41) is 0.790. The van der Waals surface area contributed by atoms with Crippen LogP contribution in [-0.4, -0.2) is 5.97 Å². The standard InChI is InChI=1S/C15H10Cl2O2/c1-8-2-4-9(5-3-8)14-10-6-12(16)13(17)7-11(10)15(18)19-14/h2-7,14H,1H3/t14-/m0/s1. The topological polar surface area (TPSA) is 26.3 Å². The zero-order chi connectivity index (χ0) is 13.6. The van der Waals surface area contributed by atoms with E-state index in [1.807, 2.05) is 31.2 Å². The van der Waals surface area contributed by atoms with Gasteiger partial charge in [0.1, 0.15) is 0 Å². The SMILES string of the molecule is Cc1ccc([C@@H]2OC(=O)c3cc(Cl)c(Cl)cc32)cc1. The Bertz CT molecular complexity index is 663. The Morgan fingerprint density at radius 1 is 1.05 bits per heavy atom. The van der Waals surface area contributed by atoms with Crippen molar-refractivity contribution in [1.29, 1.82) is 0 Å². The first-order valence-corrected chi connectivity index (χ1v) is 6.58. The Kier molecular flexibility index (Phi) is 3.00. The van der Waals surface area contributed by atoms with Crippen LogP contribution in [0.5, 0.6) is 0 Å². The van der Waals surface area contributed by atoms with Gasteiger partial charge in [0.25, 0.3) is 0 Å². The van der Waals surface area contributed by atoms with Crippen LogP contribution in [0.25, 0.3) is 0 Å². The number of benzene rings is 2. The number of carbonyl (C=O) groups is 1. The van der Waals surface area contributed by atoms with Crippen LogP contribution in [-0.2, 0) is 4.74 Å². The highest BCUT2D eigenvalue weighted by Gasteiger charge is 2.33. The van der Waals surface area contributed by atoms with Crippen molar-refractivity contribution in [3.63, 3.8) is 0 Å². The fourth-order valence-corrected chi connectivity index (χ4v) is 2.51. The van der Waals surface area contributed by atoms with Gasteiger partial charge in [-0.25, -0.2) is 4.79 Å². The van der Waals surface area contributed by atoms with Gasteiger partial charge in [0.2, 0.25) is 0 Å². The van der Waals surface area contributed by atoms with Crippen molar-refractivity contribution in [1.82, 2.24) is 0 Å². The molecule has 1 atom stereocenters. The summed E-state index contributed by atoms with van der Waals surface area (Å²) < 4.78 is 5.41. The van der Waals surface area contributed by atoms with E-state index in [1.165, 1.54) is 0 Å². The Morgan fingerprint density at radius 2 is 1.68 bits per heavy atom. The summed E-state index contributed by atoms with van der Waals surface area (Å²) in [5.74, 6) is -0.362. The van der Waals surface area contributed by atoms with E-state index in [0.29, 0.717) is 15.6 Å². The molecule has 4 heteroatoms. The second-order valence-electron chi connectivity index (χ2n) is 4.55. The molecule has 0 unspecified atom stereocenters. The van der Waals surface area contributed by atoms with Crippen molar-refractivity contribution in [2.45, 2.75) is 13.0 Å². The minimum Gasteiger partial charge on any atom is -0.449 e. The van der Waals surface area contributed by atoms with E-state index in [-0.39, 0.29) is 5.97 Å². The number of cyclic esters (lactones) is 1. The number of ether oxygens (including phenoxy) is 1. The van der Waals surface area contributed by atoms with E-state index in [2.05, 4.69) is 0 Å².